The molecule has 0 radical (unpaired) electrons. The van der Waals surface area contributed by atoms with Gasteiger partial charge in [-0.15, -0.1) is 0 Å². The topological polar surface area (TPSA) is 70.7 Å². The Kier molecular flexibility index (Phi) is 5.15. The molecule has 0 aliphatic carbocycles. The van der Waals surface area contributed by atoms with Crippen molar-refractivity contribution in [3.05, 3.63) is 79.9 Å². The van der Waals surface area contributed by atoms with Gasteiger partial charge in [-0.2, -0.15) is 5.10 Å². The molecule has 0 bridgehead atoms. The fourth-order valence-corrected chi connectivity index (χ4v) is 2.92. The molecule has 0 aliphatic rings. The van der Waals surface area contributed by atoms with Gasteiger partial charge in [0, 0.05) is 9.13 Å². The molecule has 0 saturated carbocycles. The SMILES string of the molecule is Cc1nc(C(NC(=O)c2ccc(Cl)c(I)c2)c2ccccc2)n[nH]1. The quantitative estimate of drug-likeness (QED) is 0.590. The fraction of sp³-hybridized carbons (Fsp3) is 0.118. The van der Waals surface area contributed by atoms with Gasteiger partial charge in [0.25, 0.3) is 5.91 Å². The first-order chi connectivity index (χ1) is 11.5. The van der Waals surface area contributed by atoms with Crippen LogP contribution in [0.15, 0.2) is 48.5 Å². The summed E-state index contributed by atoms with van der Waals surface area (Å²) in [6.07, 6.45) is 0. The maximum absolute atomic E-state index is 12.6. The summed E-state index contributed by atoms with van der Waals surface area (Å²) in [7, 11) is 0. The minimum Gasteiger partial charge on any atom is -0.338 e. The smallest absolute Gasteiger partial charge is 0.252 e. The van der Waals surface area contributed by atoms with Gasteiger partial charge >= 0.3 is 0 Å². The van der Waals surface area contributed by atoms with Crippen LogP contribution in [0.5, 0.6) is 0 Å². The number of nitrogens with one attached hydrogen (secondary N) is 2. The lowest BCUT2D eigenvalue weighted by molar-refractivity contribution is 0.0941. The van der Waals surface area contributed by atoms with Gasteiger partial charge in [-0.1, -0.05) is 41.9 Å². The summed E-state index contributed by atoms with van der Waals surface area (Å²) in [5.74, 6) is 1.01. The molecular formula is C17H14ClIN4O. The van der Waals surface area contributed by atoms with E-state index in [4.69, 9.17) is 11.6 Å². The van der Waals surface area contributed by atoms with Crippen LogP contribution in [0.1, 0.15) is 33.6 Å². The van der Waals surface area contributed by atoms with Gasteiger partial charge in [0.2, 0.25) is 0 Å². The third-order valence-corrected chi connectivity index (χ3v) is 5.00. The number of halogens is 2. The van der Waals surface area contributed by atoms with Crippen molar-refractivity contribution in [1.82, 2.24) is 20.5 Å². The van der Waals surface area contributed by atoms with Crippen LogP contribution in [-0.2, 0) is 0 Å². The molecular weight excluding hydrogens is 439 g/mol. The molecule has 5 nitrogen and oxygen atoms in total. The van der Waals surface area contributed by atoms with Crippen LogP contribution in [0, 0.1) is 10.5 Å². The highest BCUT2D eigenvalue weighted by Crippen LogP contribution is 2.22. The van der Waals surface area contributed by atoms with Gasteiger partial charge < -0.3 is 5.32 Å². The lowest BCUT2D eigenvalue weighted by Gasteiger charge is -2.16. The molecule has 0 fully saturated rings. The molecule has 2 N–H and O–H groups in total. The zero-order valence-corrected chi connectivity index (χ0v) is 15.7. The Morgan fingerprint density at radius 2 is 2.00 bits per heavy atom. The molecule has 0 spiro atoms. The predicted octanol–water partition coefficient (Wildman–Crippen LogP) is 3.89. The highest BCUT2D eigenvalue weighted by molar-refractivity contribution is 14.1. The van der Waals surface area contributed by atoms with Crippen molar-refractivity contribution in [2.75, 3.05) is 0 Å². The summed E-state index contributed by atoms with van der Waals surface area (Å²) in [5, 5.41) is 10.6. The van der Waals surface area contributed by atoms with Crippen molar-refractivity contribution in [1.29, 1.82) is 0 Å². The summed E-state index contributed by atoms with van der Waals surface area (Å²) < 4.78 is 0.826. The van der Waals surface area contributed by atoms with Crippen molar-refractivity contribution in [3.63, 3.8) is 0 Å². The van der Waals surface area contributed by atoms with E-state index in [9.17, 15) is 4.79 Å². The van der Waals surface area contributed by atoms with Gasteiger partial charge in [-0.05, 0) is 53.3 Å². The standard InChI is InChI=1S/C17H14ClIN4O/c1-10-20-16(23-22-10)15(11-5-3-2-4-6-11)21-17(24)12-7-8-13(18)14(19)9-12/h2-9,15H,1H3,(H,21,24)(H,20,22,23). The highest BCUT2D eigenvalue weighted by Gasteiger charge is 2.21. The van der Waals surface area contributed by atoms with Crippen molar-refractivity contribution < 1.29 is 4.79 Å². The Labute approximate surface area is 158 Å². The molecule has 1 aromatic heterocycles. The number of aromatic nitrogens is 3. The minimum atomic E-state index is -0.433. The fourth-order valence-electron chi connectivity index (χ4n) is 2.28. The first-order valence-electron chi connectivity index (χ1n) is 7.24. The lowest BCUT2D eigenvalue weighted by atomic mass is 10.1. The molecule has 3 aromatic rings. The maximum Gasteiger partial charge on any atom is 0.252 e. The van der Waals surface area contributed by atoms with E-state index in [-0.39, 0.29) is 5.91 Å². The van der Waals surface area contributed by atoms with E-state index < -0.39 is 6.04 Å². The van der Waals surface area contributed by atoms with E-state index in [2.05, 4.69) is 43.1 Å². The van der Waals surface area contributed by atoms with Crippen LogP contribution in [0.25, 0.3) is 0 Å². The number of carbonyl (C=O) groups excluding carboxylic acids is 1. The van der Waals surface area contributed by atoms with Gasteiger partial charge in [0.15, 0.2) is 5.82 Å². The average molecular weight is 453 g/mol. The number of benzene rings is 2. The highest BCUT2D eigenvalue weighted by atomic mass is 127. The minimum absolute atomic E-state index is 0.208. The molecule has 1 heterocycles. The van der Waals surface area contributed by atoms with Gasteiger partial charge in [-0.3, -0.25) is 9.89 Å². The predicted molar refractivity (Wildman–Crippen MR) is 101 cm³/mol. The van der Waals surface area contributed by atoms with E-state index in [1.54, 1.807) is 18.2 Å². The molecule has 3 rings (SSSR count). The summed E-state index contributed by atoms with van der Waals surface area (Å²) in [5.41, 5.74) is 1.45. The van der Waals surface area contributed by atoms with Crippen LogP contribution in [0.3, 0.4) is 0 Å². The van der Waals surface area contributed by atoms with Gasteiger partial charge in [-0.25, -0.2) is 4.98 Å². The van der Waals surface area contributed by atoms with Crippen molar-refractivity contribution >= 4 is 40.1 Å². The summed E-state index contributed by atoms with van der Waals surface area (Å²) >= 11 is 8.12. The van der Waals surface area contributed by atoms with E-state index in [0.29, 0.717) is 22.2 Å². The number of carbonyl (C=O) groups is 1. The molecule has 1 amide bonds. The van der Waals surface area contributed by atoms with Crippen LogP contribution >= 0.6 is 34.2 Å². The number of hydrogen-bond donors (Lipinski definition) is 2. The first kappa shape index (κ1) is 16.9. The molecule has 0 aliphatic heterocycles. The number of rotatable bonds is 4. The zero-order valence-electron chi connectivity index (χ0n) is 12.8. The molecule has 1 atom stereocenters. The molecule has 24 heavy (non-hydrogen) atoms. The van der Waals surface area contributed by atoms with E-state index in [1.165, 1.54) is 0 Å². The number of hydrogen-bond acceptors (Lipinski definition) is 3. The Morgan fingerprint density at radius 3 is 2.62 bits per heavy atom. The van der Waals surface area contributed by atoms with Crippen LogP contribution in [0.2, 0.25) is 5.02 Å². The van der Waals surface area contributed by atoms with Crippen molar-refractivity contribution in [2.24, 2.45) is 0 Å². The Balaban J connectivity index is 1.91. The molecule has 0 saturated heterocycles. The third-order valence-electron chi connectivity index (χ3n) is 3.46. The number of H-pyrrole nitrogens is 1. The number of aryl methyl sites for hydroxylation is 1. The van der Waals surface area contributed by atoms with Gasteiger partial charge in [0.05, 0.1) is 5.02 Å². The molecule has 2 aromatic carbocycles. The third kappa shape index (κ3) is 3.76. The number of aromatic amines is 1. The first-order valence-corrected chi connectivity index (χ1v) is 8.70. The van der Waals surface area contributed by atoms with E-state index in [1.807, 2.05) is 37.3 Å². The second kappa shape index (κ2) is 7.31. The van der Waals surface area contributed by atoms with E-state index >= 15 is 0 Å². The van der Waals surface area contributed by atoms with Gasteiger partial charge in [0.1, 0.15) is 11.9 Å². The van der Waals surface area contributed by atoms with Crippen molar-refractivity contribution in [2.45, 2.75) is 13.0 Å². The van der Waals surface area contributed by atoms with Crippen LogP contribution < -0.4 is 5.32 Å². The summed E-state index contributed by atoms with van der Waals surface area (Å²) in [6.45, 7) is 1.82. The van der Waals surface area contributed by atoms with Crippen LogP contribution in [0.4, 0.5) is 0 Å². The zero-order chi connectivity index (χ0) is 17.1. The normalized spacial score (nSPS) is 12.0. The second-order valence-corrected chi connectivity index (χ2v) is 6.79. The monoisotopic (exact) mass is 452 g/mol. The molecule has 1 unspecified atom stereocenters. The molecule has 122 valence electrons. The Morgan fingerprint density at radius 1 is 1.25 bits per heavy atom. The largest absolute Gasteiger partial charge is 0.338 e. The van der Waals surface area contributed by atoms with E-state index in [0.717, 1.165) is 9.13 Å². The average Bonchev–Trinajstić information content (AvgIpc) is 3.02. The summed E-state index contributed by atoms with van der Waals surface area (Å²) in [6, 6.07) is 14.4. The van der Waals surface area contributed by atoms with Crippen molar-refractivity contribution in [3.8, 4) is 0 Å². The Hall–Kier alpha value is -1.93. The summed E-state index contributed by atoms with van der Waals surface area (Å²) in [4.78, 5) is 17.0. The lowest BCUT2D eigenvalue weighted by Crippen LogP contribution is -2.30. The maximum atomic E-state index is 12.6. The molecule has 7 heteroatoms. The number of nitrogens with zero attached hydrogens (tertiary/aromatic N) is 2. The second-order valence-electron chi connectivity index (χ2n) is 5.23. The van der Waals surface area contributed by atoms with Crippen LogP contribution in [-0.4, -0.2) is 21.1 Å². The Bertz CT molecular complexity index is 866. The number of amides is 1.